The van der Waals surface area contributed by atoms with Gasteiger partial charge in [0.15, 0.2) is 5.82 Å². The minimum Gasteiger partial charge on any atom is -0.364 e. The van der Waals surface area contributed by atoms with Crippen LogP contribution in [0.5, 0.6) is 0 Å². The van der Waals surface area contributed by atoms with Crippen LogP contribution >= 0.6 is 22.6 Å². The van der Waals surface area contributed by atoms with E-state index >= 15 is 0 Å². The van der Waals surface area contributed by atoms with E-state index in [2.05, 4.69) is 4.98 Å². The highest BCUT2D eigenvalue weighted by molar-refractivity contribution is 14.1. The first-order valence-electron chi connectivity index (χ1n) is 3.37. The number of aromatic nitrogens is 1. The van der Waals surface area contributed by atoms with Crippen LogP contribution in [-0.4, -0.2) is 10.9 Å². The van der Waals surface area contributed by atoms with Crippen molar-refractivity contribution in [2.45, 2.75) is 6.43 Å². The van der Waals surface area contributed by atoms with Crippen molar-refractivity contribution < 1.29 is 18.0 Å². The molecule has 0 bridgehead atoms. The molecule has 3 nitrogen and oxygen atoms in total. The Morgan fingerprint density at radius 3 is 2.57 bits per heavy atom. The van der Waals surface area contributed by atoms with E-state index in [9.17, 15) is 18.0 Å². The average molecular weight is 316 g/mol. The number of halogens is 4. The normalized spacial score (nSPS) is 10.6. The van der Waals surface area contributed by atoms with Gasteiger partial charge in [0, 0.05) is 0 Å². The number of nitrogens with two attached hydrogens (primary N) is 1. The molecule has 0 spiro atoms. The highest BCUT2D eigenvalue weighted by Gasteiger charge is 2.20. The van der Waals surface area contributed by atoms with Gasteiger partial charge in [0.05, 0.1) is 3.57 Å². The monoisotopic (exact) mass is 316 g/mol. The topological polar surface area (TPSA) is 56.0 Å². The number of carbonyl (C=O) groups is 1. The molecule has 0 unspecified atom stereocenters. The lowest BCUT2D eigenvalue weighted by atomic mass is 10.3. The summed E-state index contributed by atoms with van der Waals surface area (Å²) < 4.78 is 37.3. The molecule has 0 atom stereocenters. The molecule has 1 amide bonds. The van der Waals surface area contributed by atoms with E-state index in [1.54, 1.807) is 0 Å². The quantitative estimate of drug-likeness (QED) is 0.847. The van der Waals surface area contributed by atoms with Crippen LogP contribution in [0.25, 0.3) is 0 Å². The van der Waals surface area contributed by atoms with Gasteiger partial charge in [-0.15, -0.1) is 0 Å². The first-order valence-corrected chi connectivity index (χ1v) is 4.45. The van der Waals surface area contributed by atoms with Crippen molar-refractivity contribution >= 4 is 28.5 Å². The maximum atomic E-state index is 13.0. The molecule has 1 rings (SSSR count). The lowest BCUT2D eigenvalue weighted by Crippen LogP contribution is -2.15. The highest BCUT2D eigenvalue weighted by atomic mass is 127. The SMILES string of the molecule is NC(=O)c1cc(I)c(F)c(C(F)F)n1. The smallest absolute Gasteiger partial charge is 0.283 e. The Bertz CT molecular complexity index is 383. The largest absolute Gasteiger partial charge is 0.364 e. The van der Waals surface area contributed by atoms with Gasteiger partial charge in [-0.3, -0.25) is 4.79 Å². The van der Waals surface area contributed by atoms with Crippen LogP contribution in [0.4, 0.5) is 13.2 Å². The lowest BCUT2D eigenvalue weighted by molar-refractivity contribution is 0.0992. The molecule has 1 aromatic heterocycles. The Labute approximate surface area is 90.6 Å². The van der Waals surface area contributed by atoms with Crippen molar-refractivity contribution in [2.24, 2.45) is 5.73 Å². The molecule has 76 valence electrons. The van der Waals surface area contributed by atoms with Crippen LogP contribution < -0.4 is 5.73 Å². The Kier molecular flexibility index (Phi) is 3.29. The fraction of sp³-hybridized carbons (Fsp3) is 0.143. The van der Waals surface area contributed by atoms with E-state index in [4.69, 9.17) is 5.73 Å². The van der Waals surface area contributed by atoms with E-state index in [1.807, 2.05) is 0 Å². The predicted molar refractivity (Wildman–Crippen MR) is 50.4 cm³/mol. The summed E-state index contributed by atoms with van der Waals surface area (Å²) in [4.78, 5) is 13.8. The molecule has 0 aliphatic rings. The van der Waals surface area contributed by atoms with E-state index in [0.29, 0.717) is 0 Å². The Morgan fingerprint density at radius 1 is 1.57 bits per heavy atom. The van der Waals surface area contributed by atoms with Crippen LogP contribution in [0.1, 0.15) is 22.6 Å². The number of carbonyl (C=O) groups excluding carboxylic acids is 1. The number of amides is 1. The summed E-state index contributed by atoms with van der Waals surface area (Å²) in [5.41, 5.74) is 3.41. The van der Waals surface area contributed by atoms with Crippen LogP contribution in [0.15, 0.2) is 6.07 Å². The second kappa shape index (κ2) is 4.11. The molecule has 0 aliphatic heterocycles. The third-order valence-corrected chi connectivity index (χ3v) is 2.18. The van der Waals surface area contributed by atoms with Gasteiger partial charge in [0.25, 0.3) is 12.3 Å². The molecule has 0 saturated heterocycles. The molecular formula is C7H4F3IN2O. The van der Waals surface area contributed by atoms with Crippen molar-refractivity contribution in [1.82, 2.24) is 4.98 Å². The van der Waals surface area contributed by atoms with E-state index in [-0.39, 0.29) is 9.26 Å². The van der Waals surface area contributed by atoms with Crippen molar-refractivity contribution in [3.05, 3.63) is 26.8 Å². The van der Waals surface area contributed by atoms with Gasteiger partial charge in [-0.05, 0) is 28.7 Å². The van der Waals surface area contributed by atoms with Gasteiger partial charge in [-0.1, -0.05) is 0 Å². The van der Waals surface area contributed by atoms with Crippen molar-refractivity contribution in [2.75, 3.05) is 0 Å². The summed E-state index contributed by atoms with van der Waals surface area (Å²) in [5.74, 6) is -2.09. The van der Waals surface area contributed by atoms with Crippen molar-refractivity contribution in [3.8, 4) is 0 Å². The number of primary amides is 1. The number of hydrogen-bond donors (Lipinski definition) is 1. The summed E-state index contributed by atoms with van der Waals surface area (Å²) in [7, 11) is 0. The number of alkyl halides is 2. The molecule has 0 aromatic carbocycles. The zero-order chi connectivity index (χ0) is 10.9. The number of nitrogens with zero attached hydrogens (tertiary/aromatic N) is 1. The predicted octanol–water partition coefficient (Wildman–Crippen LogP) is 1.86. The lowest BCUT2D eigenvalue weighted by Gasteiger charge is -2.04. The molecule has 14 heavy (non-hydrogen) atoms. The molecule has 1 aromatic rings. The van der Waals surface area contributed by atoms with E-state index in [0.717, 1.165) is 6.07 Å². The second-order valence-corrected chi connectivity index (χ2v) is 3.52. The Balaban J connectivity index is 3.35. The van der Waals surface area contributed by atoms with E-state index in [1.165, 1.54) is 22.6 Å². The van der Waals surface area contributed by atoms with Crippen molar-refractivity contribution in [1.29, 1.82) is 0 Å². The number of hydrogen-bond acceptors (Lipinski definition) is 2. The standard InChI is InChI=1S/C7H4F3IN2O/c8-4-2(11)1-3(7(12)14)13-5(4)6(9)10/h1,6H,(H2,12,14). The zero-order valence-corrected chi connectivity index (χ0v) is 8.76. The third-order valence-electron chi connectivity index (χ3n) is 1.40. The highest BCUT2D eigenvalue weighted by Crippen LogP contribution is 2.23. The minimum absolute atomic E-state index is 0.110. The molecule has 0 fully saturated rings. The average Bonchev–Trinajstić information content (AvgIpc) is 2.08. The van der Waals surface area contributed by atoms with Crippen LogP contribution in [0.3, 0.4) is 0 Å². The number of rotatable bonds is 2. The summed E-state index contributed by atoms with van der Waals surface area (Å²) in [5, 5.41) is 0. The first-order chi connectivity index (χ1) is 6.43. The zero-order valence-electron chi connectivity index (χ0n) is 6.60. The summed E-state index contributed by atoms with van der Waals surface area (Å²) in [6.45, 7) is 0. The van der Waals surface area contributed by atoms with Gasteiger partial charge >= 0.3 is 0 Å². The molecule has 0 radical (unpaired) electrons. The van der Waals surface area contributed by atoms with Crippen LogP contribution in [0.2, 0.25) is 0 Å². The molecule has 0 aliphatic carbocycles. The van der Waals surface area contributed by atoms with Gasteiger partial charge in [-0.25, -0.2) is 18.2 Å². The van der Waals surface area contributed by atoms with Gasteiger partial charge < -0.3 is 5.73 Å². The Morgan fingerprint density at radius 2 is 2.14 bits per heavy atom. The second-order valence-electron chi connectivity index (χ2n) is 2.35. The Hall–Kier alpha value is -0.860. The molecular weight excluding hydrogens is 312 g/mol. The molecule has 2 N–H and O–H groups in total. The van der Waals surface area contributed by atoms with Crippen LogP contribution in [-0.2, 0) is 0 Å². The van der Waals surface area contributed by atoms with E-state index < -0.39 is 23.8 Å². The molecule has 1 heterocycles. The fourth-order valence-corrected chi connectivity index (χ4v) is 1.36. The minimum atomic E-state index is -3.07. The maximum absolute atomic E-state index is 13.0. The van der Waals surface area contributed by atoms with Gasteiger partial charge in [0.2, 0.25) is 0 Å². The summed E-state index contributed by atoms with van der Waals surface area (Å²) in [6.07, 6.45) is -3.07. The van der Waals surface area contributed by atoms with Gasteiger partial charge in [0.1, 0.15) is 11.4 Å². The van der Waals surface area contributed by atoms with Gasteiger partial charge in [-0.2, -0.15) is 0 Å². The van der Waals surface area contributed by atoms with Crippen molar-refractivity contribution in [3.63, 3.8) is 0 Å². The third kappa shape index (κ3) is 2.14. The number of pyridine rings is 1. The summed E-state index contributed by atoms with van der Waals surface area (Å²) in [6, 6.07) is 1.02. The summed E-state index contributed by atoms with van der Waals surface area (Å²) >= 11 is 1.49. The molecule has 0 saturated carbocycles. The maximum Gasteiger partial charge on any atom is 0.283 e. The fourth-order valence-electron chi connectivity index (χ4n) is 0.788. The first kappa shape index (κ1) is 11.2. The van der Waals surface area contributed by atoms with Crippen LogP contribution in [0, 0.1) is 9.39 Å². The molecule has 7 heteroatoms.